The van der Waals surface area contributed by atoms with Crippen LogP contribution in [0.15, 0.2) is 0 Å². The zero-order valence-corrected chi connectivity index (χ0v) is 5.33. The van der Waals surface area contributed by atoms with Gasteiger partial charge in [-0.3, -0.25) is 0 Å². The zero-order chi connectivity index (χ0) is 6.62. The van der Waals surface area contributed by atoms with Crippen LogP contribution in [-0.4, -0.2) is 36.0 Å². The molecule has 0 bridgehead atoms. The smallest absolute Gasteiger partial charge is 0.389 e. The second-order valence-corrected chi connectivity index (χ2v) is 3.31. The van der Waals surface area contributed by atoms with Gasteiger partial charge in [-0.05, 0) is 0 Å². The molecule has 0 atom stereocenters. The lowest BCUT2D eigenvalue weighted by Gasteiger charge is -2.07. The van der Waals surface area contributed by atoms with Gasteiger partial charge in [0.2, 0.25) is 0 Å². The molecule has 0 fully saturated rings. The summed E-state index contributed by atoms with van der Waals surface area (Å²) in [4.78, 5) is 24.8. The summed E-state index contributed by atoms with van der Waals surface area (Å²) in [7, 11) is -3.87. The van der Waals surface area contributed by atoms with Gasteiger partial charge in [-0.25, -0.2) is 0 Å². The van der Waals surface area contributed by atoms with Crippen molar-refractivity contribution in [3.63, 3.8) is 0 Å². The van der Waals surface area contributed by atoms with Gasteiger partial charge in [0, 0.05) is 6.67 Å². The SMILES string of the molecule is NCNC[Si](O)(O)O. The molecular weight excluding hydrogens is 128 g/mol. The molecule has 5 nitrogen and oxygen atoms in total. The van der Waals surface area contributed by atoms with E-state index < -0.39 is 8.80 Å². The normalized spacial score (nSPS) is 12.0. The fraction of sp³-hybridized carbons (Fsp3) is 1.00. The zero-order valence-electron chi connectivity index (χ0n) is 4.33. The minimum absolute atomic E-state index is 0.135. The largest absolute Gasteiger partial charge is 0.507 e. The van der Waals surface area contributed by atoms with Crippen molar-refractivity contribution in [3.05, 3.63) is 0 Å². The van der Waals surface area contributed by atoms with Crippen molar-refractivity contribution in [2.24, 2.45) is 5.73 Å². The van der Waals surface area contributed by atoms with Gasteiger partial charge >= 0.3 is 8.80 Å². The molecule has 50 valence electrons. The molecule has 0 amide bonds. The molecule has 6 N–H and O–H groups in total. The van der Waals surface area contributed by atoms with Gasteiger partial charge in [-0.15, -0.1) is 0 Å². The van der Waals surface area contributed by atoms with Crippen LogP contribution in [0.4, 0.5) is 0 Å². The van der Waals surface area contributed by atoms with Crippen LogP contribution < -0.4 is 11.1 Å². The summed E-state index contributed by atoms with van der Waals surface area (Å²) in [6.45, 7) is 0.135. The lowest BCUT2D eigenvalue weighted by Crippen LogP contribution is -2.47. The van der Waals surface area contributed by atoms with Gasteiger partial charge in [-0.1, -0.05) is 0 Å². The molecule has 0 unspecified atom stereocenters. The lowest BCUT2D eigenvalue weighted by molar-refractivity contribution is 0.225. The molecule has 0 heterocycles. The van der Waals surface area contributed by atoms with Crippen molar-refractivity contribution in [3.8, 4) is 0 Å². The van der Waals surface area contributed by atoms with Gasteiger partial charge in [-0.2, -0.15) is 0 Å². The third kappa shape index (κ3) is 6.02. The van der Waals surface area contributed by atoms with Crippen LogP contribution >= 0.6 is 0 Å². The van der Waals surface area contributed by atoms with Crippen LogP contribution in [0.25, 0.3) is 0 Å². The topological polar surface area (TPSA) is 98.7 Å². The quantitative estimate of drug-likeness (QED) is 0.211. The van der Waals surface area contributed by atoms with Gasteiger partial charge in [0.25, 0.3) is 0 Å². The van der Waals surface area contributed by atoms with E-state index in [1.165, 1.54) is 0 Å². The molecular formula is C2H10N2O3Si. The summed E-state index contributed by atoms with van der Waals surface area (Å²) in [6.07, 6.45) is -0.205. The molecule has 0 saturated heterocycles. The molecule has 0 saturated carbocycles. The molecule has 0 radical (unpaired) electrons. The van der Waals surface area contributed by atoms with Gasteiger partial charge in [0.1, 0.15) is 0 Å². The second-order valence-electron chi connectivity index (χ2n) is 1.41. The predicted octanol–water partition coefficient (Wildman–Crippen LogP) is -3.05. The second kappa shape index (κ2) is 3.12. The van der Waals surface area contributed by atoms with E-state index in [0.717, 1.165) is 0 Å². The lowest BCUT2D eigenvalue weighted by atomic mass is 11.1. The first-order valence-corrected chi connectivity index (χ1v) is 4.19. The number of nitrogens with one attached hydrogen (secondary N) is 1. The molecule has 0 aromatic rings. The average molecular weight is 138 g/mol. The highest BCUT2D eigenvalue weighted by atomic mass is 28.4. The molecule has 0 aromatic carbocycles. The maximum atomic E-state index is 8.28. The molecule has 0 spiro atoms. The van der Waals surface area contributed by atoms with Crippen LogP contribution in [0.2, 0.25) is 0 Å². The van der Waals surface area contributed by atoms with E-state index in [1.54, 1.807) is 0 Å². The first kappa shape index (κ1) is 8.02. The Morgan fingerprint density at radius 3 is 2.00 bits per heavy atom. The van der Waals surface area contributed by atoms with Crippen molar-refractivity contribution in [1.82, 2.24) is 5.32 Å². The van der Waals surface area contributed by atoms with Gasteiger partial charge in [0.15, 0.2) is 0 Å². The monoisotopic (exact) mass is 138 g/mol. The predicted molar refractivity (Wildman–Crippen MR) is 29.5 cm³/mol. The molecule has 0 aliphatic heterocycles. The first-order chi connectivity index (χ1) is 3.56. The summed E-state index contributed by atoms with van der Waals surface area (Å²) in [5, 5.41) is 2.38. The third-order valence-corrected chi connectivity index (χ3v) is 1.23. The van der Waals surface area contributed by atoms with E-state index in [2.05, 4.69) is 5.32 Å². The Bertz CT molecular complexity index is 62.8. The first-order valence-electron chi connectivity index (χ1n) is 2.14. The third-order valence-electron chi connectivity index (χ3n) is 0.507. The molecule has 0 rings (SSSR count). The van der Waals surface area contributed by atoms with E-state index in [9.17, 15) is 0 Å². The van der Waals surface area contributed by atoms with Crippen LogP contribution in [0.1, 0.15) is 0 Å². The Balaban J connectivity index is 3.11. The Kier molecular flexibility index (Phi) is 3.13. The average Bonchev–Trinajstić information content (AvgIpc) is 1.59. The maximum Gasteiger partial charge on any atom is 0.507 e. The molecule has 0 aliphatic rings. The maximum absolute atomic E-state index is 8.28. The van der Waals surface area contributed by atoms with E-state index in [1.807, 2.05) is 0 Å². The Morgan fingerprint density at radius 1 is 1.38 bits per heavy atom. The van der Waals surface area contributed by atoms with E-state index >= 15 is 0 Å². The molecule has 0 aromatic heterocycles. The van der Waals surface area contributed by atoms with Crippen LogP contribution in [-0.2, 0) is 0 Å². The Hall–Kier alpha value is 0.0169. The van der Waals surface area contributed by atoms with Crippen molar-refractivity contribution in [1.29, 1.82) is 0 Å². The van der Waals surface area contributed by atoms with E-state index in [0.29, 0.717) is 0 Å². The summed E-state index contributed by atoms with van der Waals surface area (Å²) in [5.74, 6) is 0. The summed E-state index contributed by atoms with van der Waals surface area (Å²) in [5.41, 5.74) is 4.91. The summed E-state index contributed by atoms with van der Waals surface area (Å²) < 4.78 is 0. The van der Waals surface area contributed by atoms with Crippen molar-refractivity contribution in [2.45, 2.75) is 0 Å². The minimum Gasteiger partial charge on any atom is -0.389 e. The fourth-order valence-electron chi connectivity index (χ4n) is 0.240. The number of hydrogen-bond acceptors (Lipinski definition) is 5. The minimum atomic E-state index is -3.87. The van der Waals surface area contributed by atoms with Crippen LogP contribution in [0.3, 0.4) is 0 Å². The highest BCUT2D eigenvalue weighted by molar-refractivity contribution is 6.56. The highest BCUT2D eigenvalue weighted by Crippen LogP contribution is 1.77. The van der Waals surface area contributed by atoms with Crippen molar-refractivity contribution < 1.29 is 14.4 Å². The standard InChI is InChI=1S/C2H10N2O3Si/c3-1-4-2-8(5,6)7/h4-7H,1-3H2. The van der Waals surface area contributed by atoms with Gasteiger partial charge < -0.3 is 25.4 Å². The molecule has 8 heavy (non-hydrogen) atoms. The Morgan fingerprint density at radius 2 is 1.88 bits per heavy atom. The van der Waals surface area contributed by atoms with E-state index in [-0.39, 0.29) is 12.8 Å². The molecule has 0 aliphatic carbocycles. The highest BCUT2D eigenvalue weighted by Gasteiger charge is 2.25. The fourth-order valence-corrected chi connectivity index (χ4v) is 0.720. The van der Waals surface area contributed by atoms with Crippen LogP contribution in [0.5, 0.6) is 0 Å². The number of rotatable bonds is 3. The number of hydrogen-bond donors (Lipinski definition) is 5. The summed E-state index contributed by atoms with van der Waals surface area (Å²) >= 11 is 0. The number of nitrogens with two attached hydrogens (primary N) is 1. The van der Waals surface area contributed by atoms with Crippen molar-refractivity contribution in [2.75, 3.05) is 12.8 Å². The Labute approximate surface area is 48.1 Å². The van der Waals surface area contributed by atoms with Crippen molar-refractivity contribution >= 4 is 8.80 Å². The van der Waals surface area contributed by atoms with Gasteiger partial charge in [0.05, 0.1) is 6.17 Å². The molecule has 6 heteroatoms. The van der Waals surface area contributed by atoms with Crippen LogP contribution in [0, 0.1) is 0 Å². The summed E-state index contributed by atoms with van der Waals surface area (Å²) in [6, 6.07) is 0. The van der Waals surface area contributed by atoms with E-state index in [4.69, 9.17) is 20.1 Å².